The molecule has 1 aromatic heterocycles. The molecule has 0 aliphatic carbocycles. The normalized spacial score (nSPS) is 37.2. The van der Waals surface area contributed by atoms with E-state index < -0.39 is 83.4 Å². The first kappa shape index (κ1) is 44.6. The number of amides is 1. The van der Waals surface area contributed by atoms with E-state index in [0.717, 1.165) is 29.3 Å². The lowest BCUT2D eigenvalue weighted by atomic mass is 9.73. The number of para-hydroxylation sites is 1. The van der Waals surface area contributed by atoms with Crippen LogP contribution in [0.4, 0.5) is 4.79 Å². The van der Waals surface area contributed by atoms with Crippen molar-refractivity contribution in [3.63, 3.8) is 0 Å². The molecule has 1 aromatic carbocycles. The van der Waals surface area contributed by atoms with Crippen LogP contribution in [-0.2, 0) is 44.5 Å². The van der Waals surface area contributed by atoms with Crippen LogP contribution >= 0.6 is 0 Å². The lowest BCUT2D eigenvalue weighted by Gasteiger charge is -2.52. The molecule has 316 valence electrons. The molecular formula is C44H65N3O10. The highest BCUT2D eigenvalue weighted by atomic mass is 16.7. The zero-order valence-electron chi connectivity index (χ0n) is 35.7. The molecule has 4 heterocycles. The van der Waals surface area contributed by atoms with Crippen molar-refractivity contribution in [1.82, 2.24) is 14.8 Å². The number of cyclic esters (lactones) is 1. The highest BCUT2D eigenvalue weighted by Gasteiger charge is 2.59. The number of aromatic nitrogens is 1. The molecule has 3 aliphatic heterocycles. The summed E-state index contributed by atoms with van der Waals surface area (Å²) < 4.78 is 31.3. The Kier molecular flexibility index (Phi) is 14.2. The fourth-order valence-electron chi connectivity index (χ4n) is 9.69. The van der Waals surface area contributed by atoms with Gasteiger partial charge in [-0.05, 0) is 98.0 Å². The molecule has 0 radical (unpaired) electrons. The number of aliphatic hydroxyl groups is 1. The lowest BCUT2D eigenvalue weighted by Crippen LogP contribution is -2.69. The third kappa shape index (κ3) is 9.07. The number of carbonyl (C=O) groups excluding carboxylic acids is 4. The number of ketones is 2. The molecule has 3 unspecified atom stereocenters. The molecule has 0 saturated carbocycles. The van der Waals surface area contributed by atoms with Crippen LogP contribution in [0.1, 0.15) is 93.1 Å². The Hall–Kier alpha value is -3.49. The number of aryl methyl sites for hydroxylation is 1. The maximum absolute atomic E-state index is 14.8. The third-order valence-corrected chi connectivity index (χ3v) is 13.0. The van der Waals surface area contributed by atoms with Gasteiger partial charge < -0.3 is 38.6 Å². The van der Waals surface area contributed by atoms with Gasteiger partial charge in [0.15, 0.2) is 17.7 Å². The van der Waals surface area contributed by atoms with Crippen molar-refractivity contribution in [2.24, 2.45) is 23.7 Å². The van der Waals surface area contributed by atoms with Crippen molar-refractivity contribution < 1.29 is 48.0 Å². The van der Waals surface area contributed by atoms with Gasteiger partial charge in [0, 0.05) is 49.0 Å². The number of carbonyl (C=O) groups is 4. The van der Waals surface area contributed by atoms with Crippen molar-refractivity contribution in [3.8, 4) is 0 Å². The van der Waals surface area contributed by atoms with Crippen molar-refractivity contribution in [1.29, 1.82) is 0 Å². The second-order valence-corrected chi connectivity index (χ2v) is 17.3. The summed E-state index contributed by atoms with van der Waals surface area (Å²) in [6.45, 7) is 14.3. The second kappa shape index (κ2) is 18.2. The fourth-order valence-corrected chi connectivity index (χ4v) is 9.69. The Balaban J connectivity index is 1.49. The van der Waals surface area contributed by atoms with E-state index in [9.17, 15) is 24.3 Å². The molecule has 2 aromatic rings. The van der Waals surface area contributed by atoms with Gasteiger partial charge in [0.1, 0.15) is 23.9 Å². The van der Waals surface area contributed by atoms with E-state index in [1.807, 2.05) is 64.0 Å². The van der Waals surface area contributed by atoms with Crippen LogP contribution in [0.5, 0.6) is 0 Å². The summed E-state index contributed by atoms with van der Waals surface area (Å²) in [5.74, 6) is -5.07. The Labute approximate surface area is 338 Å². The highest BCUT2D eigenvalue weighted by Crippen LogP contribution is 2.42. The van der Waals surface area contributed by atoms with Gasteiger partial charge in [0.05, 0.1) is 29.4 Å². The number of pyridine rings is 1. The standard InChI is InChI=1S/C44H65N3O10/c1-12-34-44(8)38(47(42(52)55-34)22-16-15-17-30-20-21-45-32-19-14-13-18-31(30)32)27(4)35(48)25(2)24-43(7,53-11)39(28(5)36(49)29(6)40(51)57-44)56-41-37(50)33(46(9)10)23-26(3)54-41/h13-14,18-21,25-29,33-34,37-39,41,50H,12,15-17,22-24H2,1-11H3/t25-,26-,27?,28+,29-,33+,34?,37-,38?,39-,41+,43-,44+/m1/s1. The number of methoxy groups -OCH3 is 1. The topological polar surface area (TPSA) is 154 Å². The summed E-state index contributed by atoms with van der Waals surface area (Å²) in [5, 5.41) is 12.5. The first-order chi connectivity index (χ1) is 26.9. The van der Waals surface area contributed by atoms with Gasteiger partial charge in [-0.3, -0.25) is 19.4 Å². The largest absolute Gasteiger partial charge is 0.453 e. The number of rotatable bonds is 10. The van der Waals surface area contributed by atoms with Crippen molar-refractivity contribution in [3.05, 3.63) is 42.1 Å². The van der Waals surface area contributed by atoms with Crippen molar-refractivity contribution in [2.45, 2.75) is 148 Å². The fraction of sp³-hybridized carbons (Fsp3) is 0.705. The van der Waals surface area contributed by atoms with Gasteiger partial charge in [-0.15, -0.1) is 0 Å². The summed E-state index contributed by atoms with van der Waals surface area (Å²) in [6.07, 6.45) is 0.0144. The number of likely N-dealkylation sites (N-methyl/N-ethyl adjacent to an activating group) is 1. The van der Waals surface area contributed by atoms with Gasteiger partial charge in [0.25, 0.3) is 0 Å². The molecular weight excluding hydrogens is 730 g/mol. The van der Waals surface area contributed by atoms with Gasteiger partial charge >= 0.3 is 12.1 Å². The average Bonchev–Trinajstić information content (AvgIpc) is 3.18. The maximum Gasteiger partial charge on any atom is 0.410 e. The molecule has 0 bridgehead atoms. The van der Waals surface area contributed by atoms with E-state index in [0.29, 0.717) is 19.3 Å². The number of esters is 1. The van der Waals surface area contributed by atoms with E-state index in [1.165, 1.54) is 14.0 Å². The van der Waals surface area contributed by atoms with E-state index >= 15 is 0 Å². The minimum Gasteiger partial charge on any atom is -0.453 e. The number of unbranched alkanes of at least 4 members (excludes halogenated alkanes) is 1. The summed E-state index contributed by atoms with van der Waals surface area (Å²) in [5.41, 5.74) is -0.657. The summed E-state index contributed by atoms with van der Waals surface area (Å²) in [4.78, 5) is 65.3. The van der Waals surface area contributed by atoms with Crippen LogP contribution in [0.25, 0.3) is 10.9 Å². The number of benzene rings is 1. The highest BCUT2D eigenvalue weighted by molar-refractivity contribution is 6.00. The average molecular weight is 796 g/mol. The zero-order chi connectivity index (χ0) is 42.0. The predicted molar refractivity (Wildman–Crippen MR) is 214 cm³/mol. The number of Topliss-reactive ketones (excluding diaryl/α,β-unsaturated/α-hetero) is 2. The van der Waals surface area contributed by atoms with Crippen LogP contribution < -0.4 is 0 Å². The van der Waals surface area contributed by atoms with E-state index in [2.05, 4.69) is 11.1 Å². The number of hydrogen-bond acceptors (Lipinski definition) is 12. The van der Waals surface area contributed by atoms with Gasteiger partial charge in [-0.1, -0.05) is 45.9 Å². The molecule has 0 spiro atoms. The molecule has 13 atom stereocenters. The quantitative estimate of drug-likeness (QED) is 0.177. The third-order valence-electron chi connectivity index (χ3n) is 13.0. The van der Waals surface area contributed by atoms with Gasteiger partial charge in [-0.25, -0.2) is 4.79 Å². The molecule has 57 heavy (non-hydrogen) atoms. The first-order valence-corrected chi connectivity index (χ1v) is 20.7. The monoisotopic (exact) mass is 795 g/mol. The van der Waals surface area contributed by atoms with E-state index in [1.54, 1.807) is 38.8 Å². The maximum atomic E-state index is 14.8. The Bertz CT molecular complexity index is 1750. The molecule has 1 amide bonds. The smallest absolute Gasteiger partial charge is 0.410 e. The number of nitrogens with zero attached hydrogens (tertiary/aromatic N) is 3. The number of ether oxygens (including phenoxy) is 5. The number of hydrogen-bond donors (Lipinski definition) is 1. The number of aliphatic hydroxyl groups excluding tert-OH is 1. The van der Waals surface area contributed by atoms with Crippen LogP contribution in [0.15, 0.2) is 36.5 Å². The first-order valence-electron chi connectivity index (χ1n) is 20.7. The van der Waals surface area contributed by atoms with Gasteiger partial charge in [0.2, 0.25) is 0 Å². The van der Waals surface area contributed by atoms with Crippen molar-refractivity contribution in [2.75, 3.05) is 27.7 Å². The predicted octanol–water partition coefficient (Wildman–Crippen LogP) is 5.76. The second-order valence-electron chi connectivity index (χ2n) is 17.3. The van der Waals surface area contributed by atoms with Crippen LogP contribution in [0.2, 0.25) is 0 Å². The molecule has 3 fully saturated rings. The Morgan fingerprint density at radius 3 is 2.35 bits per heavy atom. The Morgan fingerprint density at radius 1 is 0.982 bits per heavy atom. The molecule has 5 rings (SSSR count). The van der Waals surface area contributed by atoms with Gasteiger partial charge in [-0.2, -0.15) is 0 Å². The van der Waals surface area contributed by atoms with E-state index in [-0.39, 0.29) is 30.9 Å². The number of fused-ring (bicyclic) bond motifs is 2. The summed E-state index contributed by atoms with van der Waals surface area (Å²) >= 11 is 0. The summed E-state index contributed by atoms with van der Waals surface area (Å²) in [7, 11) is 5.25. The molecule has 3 aliphatic rings. The minimum atomic E-state index is -1.47. The molecule has 13 heteroatoms. The van der Waals surface area contributed by atoms with Crippen LogP contribution in [0, 0.1) is 23.7 Å². The minimum absolute atomic E-state index is 0.137. The summed E-state index contributed by atoms with van der Waals surface area (Å²) in [6, 6.07) is 8.82. The Morgan fingerprint density at radius 2 is 1.68 bits per heavy atom. The zero-order valence-corrected chi connectivity index (χ0v) is 35.7. The lowest BCUT2D eigenvalue weighted by molar-refractivity contribution is -0.295. The van der Waals surface area contributed by atoms with Crippen LogP contribution in [0.3, 0.4) is 0 Å². The van der Waals surface area contributed by atoms with E-state index in [4.69, 9.17) is 23.7 Å². The SMILES string of the molecule is CCC1OC(=O)N(CCCCc2ccnc3ccccc23)C2C(C)C(=O)[C@H](C)C[C@@](C)(OC)[C@H](O[C@@H]3O[C@H](C)C[C@H](N(C)C)[C@H]3O)[C@@H](C)C(=O)[C@@H](C)C(=O)O[C@@]12C. The molecule has 3 saturated heterocycles. The molecule has 13 nitrogen and oxygen atoms in total. The van der Waals surface area contributed by atoms with Crippen LogP contribution in [-0.4, -0.2) is 125 Å². The molecule has 1 N–H and O–H groups in total. The van der Waals surface area contributed by atoms with Crippen molar-refractivity contribution >= 4 is 34.5 Å².